The summed E-state index contributed by atoms with van der Waals surface area (Å²) in [7, 11) is 0. The number of carbonyl (C=O) groups is 2. The quantitative estimate of drug-likeness (QED) is 0.621. The number of piperazine rings is 1. The molecule has 2 aromatic rings. The van der Waals surface area contributed by atoms with Crippen LogP contribution in [0.15, 0.2) is 59.5 Å². The molecule has 4 nitrogen and oxygen atoms in total. The lowest BCUT2D eigenvalue weighted by molar-refractivity contribution is -0.132. The number of hydrogen-bond donors (Lipinski definition) is 0. The molecule has 160 valence electrons. The van der Waals surface area contributed by atoms with Crippen molar-refractivity contribution in [3.05, 3.63) is 65.7 Å². The number of halogens is 3. The highest BCUT2D eigenvalue weighted by molar-refractivity contribution is 8.00. The van der Waals surface area contributed by atoms with Gasteiger partial charge in [-0.3, -0.25) is 9.59 Å². The molecule has 0 unspecified atom stereocenters. The van der Waals surface area contributed by atoms with E-state index in [1.54, 1.807) is 9.80 Å². The number of alkyl halides is 3. The Morgan fingerprint density at radius 3 is 2.07 bits per heavy atom. The van der Waals surface area contributed by atoms with E-state index in [-0.39, 0.29) is 28.5 Å². The first-order valence-corrected chi connectivity index (χ1v) is 10.6. The second kappa shape index (κ2) is 10.0. The molecular formula is C22H23F3N2O2S. The molecule has 0 N–H and O–H groups in total. The molecule has 0 aromatic heterocycles. The minimum Gasteiger partial charge on any atom is -0.339 e. The number of rotatable bonds is 6. The molecular weight excluding hydrogens is 413 g/mol. The molecule has 2 aromatic carbocycles. The van der Waals surface area contributed by atoms with Crippen LogP contribution in [0, 0.1) is 0 Å². The zero-order valence-corrected chi connectivity index (χ0v) is 17.2. The molecule has 1 heterocycles. The van der Waals surface area contributed by atoms with Crippen LogP contribution in [0.2, 0.25) is 0 Å². The van der Waals surface area contributed by atoms with E-state index < -0.39 is 5.51 Å². The van der Waals surface area contributed by atoms with Gasteiger partial charge in [0.1, 0.15) is 0 Å². The van der Waals surface area contributed by atoms with Crippen molar-refractivity contribution in [2.75, 3.05) is 26.2 Å². The highest BCUT2D eigenvalue weighted by atomic mass is 32.2. The average molecular weight is 436 g/mol. The van der Waals surface area contributed by atoms with E-state index in [9.17, 15) is 22.8 Å². The average Bonchev–Trinajstić information content (AvgIpc) is 2.73. The Labute approximate surface area is 178 Å². The second-order valence-electron chi connectivity index (χ2n) is 7.08. The molecule has 1 aliphatic rings. The number of benzene rings is 2. The lowest BCUT2D eigenvalue weighted by Gasteiger charge is -2.35. The lowest BCUT2D eigenvalue weighted by atomic mass is 10.1. The van der Waals surface area contributed by atoms with Crippen LogP contribution in [0.25, 0.3) is 0 Å². The highest BCUT2D eigenvalue weighted by Crippen LogP contribution is 2.36. The van der Waals surface area contributed by atoms with Crippen molar-refractivity contribution in [2.24, 2.45) is 0 Å². The molecule has 2 amide bonds. The Morgan fingerprint density at radius 2 is 1.47 bits per heavy atom. The van der Waals surface area contributed by atoms with Crippen LogP contribution < -0.4 is 0 Å². The molecule has 0 aliphatic carbocycles. The fourth-order valence-electron chi connectivity index (χ4n) is 3.39. The summed E-state index contributed by atoms with van der Waals surface area (Å²) in [6.45, 7) is 1.78. The largest absolute Gasteiger partial charge is 0.446 e. The van der Waals surface area contributed by atoms with Crippen LogP contribution in [0.4, 0.5) is 13.2 Å². The van der Waals surface area contributed by atoms with Crippen LogP contribution in [-0.4, -0.2) is 53.3 Å². The summed E-state index contributed by atoms with van der Waals surface area (Å²) in [6.07, 6.45) is 2.11. The van der Waals surface area contributed by atoms with Gasteiger partial charge >= 0.3 is 5.51 Å². The minimum atomic E-state index is -4.35. The van der Waals surface area contributed by atoms with Crippen LogP contribution >= 0.6 is 11.8 Å². The zero-order valence-electron chi connectivity index (χ0n) is 16.4. The summed E-state index contributed by atoms with van der Waals surface area (Å²) in [5.41, 5.74) is -2.79. The number of hydrogen-bond acceptors (Lipinski definition) is 3. The molecule has 0 atom stereocenters. The summed E-state index contributed by atoms with van der Waals surface area (Å²) in [5, 5.41) is 0. The van der Waals surface area contributed by atoms with Gasteiger partial charge < -0.3 is 9.80 Å². The van der Waals surface area contributed by atoms with Crippen molar-refractivity contribution in [1.82, 2.24) is 9.80 Å². The van der Waals surface area contributed by atoms with Gasteiger partial charge in [0.05, 0.1) is 0 Å². The molecule has 1 aliphatic heterocycles. The van der Waals surface area contributed by atoms with Gasteiger partial charge in [0.2, 0.25) is 5.91 Å². The van der Waals surface area contributed by atoms with Gasteiger partial charge in [-0.05, 0) is 54.4 Å². The predicted molar refractivity (Wildman–Crippen MR) is 110 cm³/mol. The van der Waals surface area contributed by atoms with E-state index in [1.165, 1.54) is 29.8 Å². The molecule has 1 saturated heterocycles. The normalized spacial score (nSPS) is 14.6. The molecule has 0 bridgehead atoms. The van der Waals surface area contributed by atoms with Crippen molar-refractivity contribution in [1.29, 1.82) is 0 Å². The minimum absolute atomic E-state index is 0.0463. The van der Waals surface area contributed by atoms with Crippen molar-refractivity contribution in [3.8, 4) is 0 Å². The highest BCUT2D eigenvalue weighted by Gasteiger charge is 2.29. The second-order valence-corrected chi connectivity index (χ2v) is 8.22. The third-order valence-electron chi connectivity index (χ3n) is 4.95. The smallest absolute Gasteiger partial charge is 0.339 e. The van der Waals surface area contributed by atoms with E-state index in [1.807, 2.05) is 30.3 Å². The fraction of sp³-hybridized carbons (Fsp3) is 0.364. The molecule has 0 radical (unpaired) electrons. The summed E-state index contributed by atoms with van der Waals surface area (Å²) < 4.78 is 37.2. The van der Waals surface area contributed by atoms with Crippen molar-refractivity contribution in [3.63, 3.8) is 0 Å². The number of amides is 2. The molecule has 1 fully saturated rings. The molecule has 8 heteroatoms. The Bertz CT molecular complexity index is 849. The van der Waals surface area contributed by atoms with Gasteiger partial charge in [-0.1, -0.05) is 30.3 Å². The molecule has 3 rings (SSSR count). The maximum absolute atomic E-state index is 12.6. The third kappa shape index (κ3) is 6.52. The summed E-state index contributed by atoms with van der Waals surface area (Å²) in [4.78, 5) is 28.5. The fourth-order valence-corrected chi connectivity index (χ4v) is 3.93. The number of nitrogens with zero attached hydrogens (tertiary/aromatic N) is 2. The van der Waals surface area contributed by atoms with Crippen LogP contribution in [0.1, 0.15) is 28.8 Å². The predicted octanol–water partition coefficient (Wildman–Crippen LogP) is 4.61. The van der Waals surface area contributed by atoms with Crippen molar-refractivity contribution >= 4 is 23.6 Å². The maximum atomic E-state index is 12.6. The SMILES string of the molecule is O=C(CCCc1ccccc1)N1CCN(C(=O)c2ccc(SC(F)(F)F)cc2)CC1. The van der Waals surface area contributed by atoms with E-state index in [0.717, 1.165) is 12.8 Å². The van der Waals surface area contributed by atoms with E-state index in [4.69, 9.17) is 0 Å². The lowest BCUT2D eigenvalue weighted by Crippen LogP contribution is -2.50. The van der Waals surface area contributed by atoms with Gasteiger partial charge in [-0.25, -0.2) is 0 Å². The zero-order chi connectivity index (χ0) is 21.6. The Kier molecular flexibility index (Phi) is 7.42. The Morgan fingerprint density at radius 1 is 0.867 bits per heavy atom. The van der Waals surface area contributed by atoms with Crippen LogP contribution in [-0.2, 0) is 11.2 Å². The first kappa shape index (κ1) is 22.2. The first-order chi connectivity index (χ1) is 14.3. The van der Waals surface area contributed by atoms with E-state index in [2.05, 4.69) is 0 Å². The summed E-state index contributed by atoms with van der Waals surface area (Å²) >= 11 is -0.204. The van der Waals surface area contributed by atoms with Gasteiger partial charge in [0.15, 0.2) is 0 Å². The van der Waals surface area contributed by atoms with Crippen molar-refractivity contribution in [2.45, 2.75) is 29.7 Å². The summed E-state index contributed by atoms with van der Waals surface area (Å²) in [6, 6.07) is 15.5. The number of aryl methyl sites for hydroxylation is 1. The Hall–Kier alpha value is -2.48. The number of thioether (sulfide) groups is 1. The topological polar surface area (TPSA) is 40.6 Å². The van der Waals surface area contributed by atoms with Crippen LogP contribution in [0.3, 0.4) is 0 Å². The van der Waals surface area contributed by atoms with Crippen molar-refractivity contribution < 1.29 is 22.8 Å². The Balaban J connectivity index is 1.44. The summed E-state index contributed by atoms with van der Waals surface area (Å²) in [5.74, 6) is -0.138. The van der Waals surface area contributed by atoms with Gasteiger partial charge in [0.25, 0.3) is 5.91 Å². The van der Waals surface area contributed by atoms with E-state index in [0.29, 0.717) is 38.2 Å². The van der Waals surface area contributed by atoms with E-state index >= 15 is 0 Å². The maximum Gasteiger partial charge on any atom is 0.446 e. The standard InChI is InChI=1S/C22H23F3N2O2S/c23-22(24,25)30-19-11-9-18(10-12-19)21(29)27-15-13-26(14-16-27)20(28)8-4-7-17-5-2-1-3-6-17/h1-3,5-6,9-12H,4,7-8,13-16H2. The van der Waals surface area contributed by atoms with Crippen LogP contribution in [0.5, 0.6) is 0 Å². The molecule has 0 saturated carbocycles. The molecule has 30 heavy (non-hydrogen) atoms. The van der Waals surface area contributed by atoms with Gasteiger partial charge in [-0.2, -0.15) is 13.2 Å². The first-order valence-electron chi connectivity index (χ1n) is 9.78. The monoisotopic (exact) mass is 436 g/mol. The molecule has 0 spiro atoms. The number of carbonyl (C=O) groups excluding carboxylic acids is 2. The van der Waals surface area contributed by atoms with Gasteiger partial charge in [0, 0.05) is 43.1 Å². The van der Waals surface area contributed by atoms with Gasteiger partial charge in [-0.15, -0.1) is 0 Å². The third-order valence-corrected chi connectivity index (χ3v) is 5.69.